The Morgan fingerprint density at radius 2 is 2.25 bits per heavy atom. The first-order valence-corrected chi connectivity index (χ1v) is 6.65. The predicted octanol–water partition coefficient (Wildman–Crippen LogP) is 3.50. The lowest BCUT2D eigenvalue weighted by molar-refractivity contribution is 0.447. The Kier molecular flexibility index (Phi) is 3.47. The molecule has 1 aliphatic carbocycles. The summed E-state index contributed by atoms with van der Waals surface area (Å²) in [4.78, 5) is 0. The Bertz CT molecular complexity index is 405. The highest BCUT2D eigenvalue weighted by molar-refractivity contribution is 7.71. The second-order valence-corrected chi connectivity index (χ2v) is 5.79. The minimum absolute atomic E-state index is 0.603. The van der Waals surface area contributed by atoms with E-state index in [1.807, 2.05) is 0 Å². The molecule has 3 nitrogen and oxygen atoms in total. The van der Waals surface area contributed by atoms with Gasteiger partial charge in [-0.2, -0.15) is 5.10 Å². The Balaban J connectivity index is 2.30. The number of rotatable bonds is 3. The van der Waals surface area contributed by atoms with E-state index in [-0.39, 0.29) is 0 Å². The van der Waals surface area contributed by atoms with Crippen molar-refractivity contribution in [1.29, 1.82) is 0 Å². The van der Waals surface area contributed by atoms with Crippen LogP contribution in [0.1, 0.15) is 51.8 Å². The lowest BCUT2D eigenvalue weighted by Gasteiger charge is -2.17. The van der Waals surface area contributed by atoms with Crippen LogP contribution in [-0.2, 0) is 6.54 Å². The molecule has 2 unspecified atom stereocenters. The van der Waals surface area contributed by atoms with Crippen LogP contribution in [0.2, 0.25) is 0 Å². The van der Waals surface area contributed by atoms with Gasteiger partial charge in [-0.1, -0.05) is 27.2 Å². The van der Waals surface area contributed by atoms with Gasteiger partial charge < -0.3 is 4.57 Å². The van der Waals surface area contributed by atoms with Crippen LogP contribution in [0.3, 0.4) is 0 Å². The van der Waals surface area contributed by atoms with Gasteiger partial charge in [0.15, 0.2) is 4.77 Å². The van der Waals surface area contributed by atoms with Gasteiger partial charge in [-0.05, 0) is 36.9 Å². The van der Waals surface area contributed by atoms with Gasteiger partial charge in [-0.15, -0.1) is 0 Å². The fraction of sp³-hybridized carbons (Fsp3) is 0.833. The van der Waals surface area contributed by atoms with Gasteiger partial charge in [-0.25, -0.2) is 0 Å². The summed E-state index contributed by atoms with van der Waals surface area (Å²) >= 11 is 5.31. The fourth-order valence-corrected chi connectivity index (χ4v) is 2.90. The summed E-state index contributed by atoms with van der Waals surface area (Å²) in [5.41, 5.74) is 0. The predicted molar refractivity (Wildman–Crippen MR) is 68.0 cm³/mol. The zero-order valence-corrected chi connectivity index (χ0v) is 11.2. The van der Waals surface area contributed by atoms with Crippen LogP contribution in [0.4, 0.5) is 0 Å². The average Bonchev–Trinajstić information content (AvgIpc) is 2.75. The molecule has 0 saturated heterocycles. The van der Waals surface area contributed by atoms with Crippen LogP contribution in [0.5, 0.6) is 0 Å². The minimum Gasteiger partial charge on any atom is -0.304 e. The van der Waals surface area contributed by atoms with Crippen LogP contribution in [0, 0.1) is 16.6 Å². The smallest absolute Gasteiger partial charge is 0.195 e. The number of hydrogen-bond acceptors (Lipinski definition) is 2. The van der Waals surface area contributed by atoms with Gasteiger partial charge >= 0.3 is 0 Å². The van der Waals surface area contributed by atoms with Crippen molar-refractivity contribution < 1.29 is 0 Å². The highest BCUT2D eigenvalue weighted by Gasteiger charge is 2.29. The van der Waals surface area contributed by atoms with Crippen molar-refractivity contribution in [2.75, 3.05) is 0 Å². The second kappa shape index (κ2) is 4.70. The highest BCUT2D eigenvalue weighted by Crippen LogP contribution is 2.38. The molecule has 90 valence electrons. The van der Waals surface area contributed by atoms with Crippen LogP contribution in [0.15, 0.2) is 0 Å². The second-order valence-electron chi connectivity index (χ2n) is 5.41. The molecule has 0 radical (unpaired) electrons. The summed E-state index contributed by atoms with van der Waals surface area (Å²) in [7, 11) is 0. The van der Waals surface area contributed by atoms with E-state index < -0.39 is 0 Å². The van der Waals surface area contributed by atoms with Crippen LogP contribution in [-0.4, -0.2) is 14.8 Å². The molecule has 1 N–H and O–H groups in total. The maximum Gasteiger partial charge on any atom is 0.195 e. The number of H-pyrrole nitrogens is 1. The third-order valence-electron chi connectivity index (χ3n) is 3.53. The summed E-state index contributed by atoms with van der Waals surface area (Å²) in [5.74, 6) is 3.14. The van der Waals surface area contributed by atoms with Gasteiger partial charge in [0.25, 0.3) is 0 Å². The summed E-state index contributed by atoms with van der Waals surface area (Å²) in [5, 5.41) is 7.40. The molecule has 1 fully saturated rings. The van der Waals surface area contributed by atoms with E-state index in [2.05, 4.69) is 35.5 Å². The molecular formula is C12H21N3S. The molecule has 0 aromatic carbocycles. The molecule has 1 aromatic rings. The molecule has 0 spiro atoms. The Morgan fingerprint density at radius 3 is 2.81 bits per heavy atom. The molecule has 0 amide bonds. The van der Waals surface area contributed by atoms with E-state index in [0.717, 1.165) is 17.2 Å². The van der Waals surface area contributed by atoms with Crippen LogP contribution >= 0.6 is 12.2 Å². The zero-order chi connectivity index (χ0) is 11.7. The first-order chi connectivity index (χ1) is 7.59. The minimum atomic E-state index is 0.603. The van der Waals surface area contributed by atoms with Crippen molar-refractivity contribution in [3.05, 3.63) is 10.6 Å². The van der Waals surface area contributed by atoms with Crippen molar-refractivity contribution in [1.82, 2.24) is 14.8 Å². The number of hydrogen-bond donors (Lipinski definition) is 1. The first kappa shape index (κ1) is 11.8. The van der Waals surface area contributed by atoms with E-state index in [9.17, 15) is 0 Å². The van der Waals surface area contributed by atoms with Crippen molar-refractivity contribution in [2.45, 2.75) is 52.5 Å². The van der Waals surface area contributed by atoms with E-state index in [1.165, 1.54) is 25.1 Å². The lowest BCUT2D eigenvalue weighted by atomic mass is 9.97. The van der Waals surface area contributed by atoms with E-state index in [1.54, 1.807) is 0 Å². The van der Waals surface area contributed by atoms with Gasteiger partial charge in [0.2, 0.25) is 0 Å². The summed E-state index contributed by atoms with van der Waals surface area (Å²) in [6.07, 6.45) is 3.91. The monoisotopic (exact) mass is 239 g/mol. The third-order valence-corrected chi connectivity index (χ3v) is 3.84. The van der Waals surface area contributed by atoms with E-state index >= 15 is 0 Å². The largest absolute Gasteiger partial charge is 0.304 e. The maximum atomic E-state index is 5.31. The maximum absolute atomic E-state index is 5.31. The first-order valence-electron chi connectivity index (χ1n) is 6.24. The van der Waals surface area contributed by atoms with Gasteiger partial charge in [0, 0.05) is 12.5 Å². The molecule has 0 bridgehead atoms. The molecule has 1 heterocycles. The fourth-order valence-electron chi connectivity index (χ4n) is 2.68. The molecule has 1 saturated carbocycles. The standard InChI is InChI=1S/C12H21N3S/c1-8(2)7-15-11(13-14-12(15)16)10-6-4-5-9(10)3/h8-10H,4-7H2,1-3H3,(H,14,16). The van der Waals surface area contributed by atoms with Gasteiger partial charge in [-0.3, -0.25) is 5.10 Å². The Hall–Kier alpha value is -0.640. The van der Waals surface area contributed by atoms with Crippen molar-refractivity contribution in [2.24, 2.45) is 11.8 Å². The molecule has 2 atom stereocenters. The molecular weight excluding hydrogens is 218 g/mol. The Morgan fingerprint density at radius 1 is 1.50 bits per heavy atom. The molecule has 2 rings (SSSR count). The molecule has 16 heavy (non-hydrogen) atoms. The normalized spacial score (nSPS) is 25.5. The third kappa shape index (κ3) is 2.21. The molecule has 0 aliphatic heterocycles. The zero-order valence-electron chi connectivity index (χ0n) is 10.4. The lowest BCUT2D eigenvalue weighted by Crippen LogP contribution is -2.14. The number of nitrogens with zero attached hydrogens (tertiary/aromatic N) is 2. The topological polar surface area (TPSA) is 33.6 Å². The van der Waals surface area contributed by atoms with Crippen molar-refractivity contribution in [3.63, 3.8) is 0 Å². The van der Waals surface area contributed by atoms with E-state index in [4.69, 9.17) is 12.2 Å². The number of nitrogens with one attached hydrogen (secondary N) is 1. The SMILES string of the molecule is CC(C)Cn1c(C2CCCC2C)n[nH]c1=S. The number of aromatic nitrogens is 3. The van der Waals surface area contributed by atoms with E-state index in [0.29, 0.717) is 11.8 Å². The summed E-state index contributed by atoms with van der Waals surface area (Å²) < 4.78 is 2.98. The summed E-state index contributed by atoms with van der Waals surface area (Å²) in [6, 6.07) is 0. The quantitative estimate of drug-likeness (QED) is 0.819. The summed E-state index contributed by atoms with van der Waals surface area (Å²) in [6.45, 7) is 7.75. The van der Waals surface area contributed by atoms with Crippen LogP contribution in [0.25, 0.3) is 0 Å². The Labute approximate surface area is 102 Å². The van der Waals surface area contributed by atoms with Gasteiger partial charge in [0.1, 0.15) is 5.82 Å². The molecule has 4 heteroatoms. The molecule has 1 aliphatic rings. The van der Waals surface area contributed by atoms with Gasteiger partial charge in [0.05, 0.1) is 0 Å². The van der Waals surface area contributed by atoms with Crippen LogP contribution < -0.4 is 0 Å². The highest BCUT2D eigenvalue weighted by atomic mass is 32.1. The molecule has 1 aromatic heterocycles. The van der Waals surface area contributed by atoms with Crippen molar-refractivity contribution in [3.8, 4) is 0 Å². The average molecular weight is 239 g/mol. The number of aromatic amines is 1. The van der Waals surface area contributed by atoms with Crippen molar-refractivity contribution >= 4 is 12.2 Å².